The maximum atomic E-state index is 5.67. The van der Waals surface area contributed by atoms with Crippen LogP contribution in [0.4, 0.5) is 5.69 Å². The highest BCUT2D eigenvalue weighted by molar-refractivity contribution is 5.73. The number of oxazole rings is 1. The van der Waals surface area contributed by atoms with Gasteiger partial charge in [-0.2, -0.15) is 0 Å². The Balaban J connectivity index is 1.52. The molecule has 0 aliphatic carbocycles. The topological polar surface area (TPSA) is 70.5 Å². The van der Waals surface area contributed by atoms with Gasteiger partial charge in [-0.3, -0.25) is 0 Å². The monoisotopic (exact) mass is 270 g/mol. The first-order valence-electron chi connectivity index (χ1n) is 6.26. The molecule has 0 saturated carbocycles. The molecule has 20 heavy (non-hydrogen) atoms. The van der Waals surface area contributed by atoms with Gasteiger partial charge in [0.25, 0.3) is 0 Å². The van der Waals surface area contributed by atoms with E-state index < -0.39 is 0 Å². The molecule has 0 spiro atoms. The molecular weight excluding hydrogens is 256 g/mol. The van der Waals surface area contributed by atoms with Crippen LogP contribution in [0.1, 0.15) is 0 Å². The van der Waals surface area contributed by atoms with E-state index in [9.17, 15) is 0 Å². The maximum Gasteiger partial charge on any atom is 0.181 e. The Kier molecular flexibility index (Phi) is 3.41. The number of hydrogen-bond donors (Lipinski definition) is 1. The summed E-state index contributed by atoms with van der Waals surface area (Å²) in [6.45, 7) is 0.881. The van der Waals surface area contributed by atoms with E-state index in [-0.39, 0.29) is 0 Å². The normalized spacial score (nSPS) is 10.6. The van der Waals surface area contributed by atoms with Crippen LogP contribution in [0, 0.1) is 0 Å². The quantitative estimate of drug-likeness (QED) is 0.570. The molecule has 3 rings (SSSR count). The van der Waals surface area contributed by atoms with Crippen molar-refractivity contribution in [2.45, 2.75) is 0 Å². The van der Waals surface area contributed by atoms with E-state index in [2.05, 4.69) is 4.98 Å². The van der Waals surface area contributed by atoms with Gasteiger partial charge in [0.2, 0.25) is 0 Å². The summed E-state index contributed by atoms with van der Waals surface area (Å²) in [5.74, 6) is 1.46. The number of rotatable bonds is 5. The summed E-state index contributed by atoms with van der Waals surface area (Å²) in [6, 6.07) is 12.8. The van der Waals surface area contributed by atoms with Crippen LogP contribution < -0.4 is 15.2 Å². The van der Waals surface area contributed by atoms with Crippen molar-refractivity contribution in [1.82, 2.24) is 4.98 Å². The predicted octanol–water partition coefficient (Wildman–Crippen LogP) is 2.87. The van der Waals surface area contributed by atoms with Crippen LogP contribution in [0.2, 0.25) is 0 Å². The number of nitrogens with two attached hydrogens (primary N) is 1. The molecule has 1 heterocycles. The van der Waals surface area contributed by atoms with E-state index in [4.69, 9.17) is 19.6 Å². The summed E-state index contributed by atoms with van der Waals surface area (Å²) in [5.41, 5.74) is 7.87. The molecule has 0 saturated heterocycles. The fourth-order valence-corrected chi connectivity index (χ4v) is 1.85. The minimum absolute atomic E-state index is 0.439. The number of benzene rings is 2. The van der Waals surface area contributed by atoms with Crippen LogP contribution in [-0.2, 0) is 0 Å². The molecule has 0 amide bonds. The van der Waals surface area contributed by atoms with E-state index in [1.54, 1.807) is 6.07 Å². The Morgan fingerprint density at radius 1 is 1.00 bits per heavy atom. The third kappa shape index (κ3) is 2.83. The van der Waals surface area contributed by atoms with Crippen molar-refractivity contribution in [3.05, 3.63) is 48.9 Å². The van der Waals surface area contributed by atoms with Crippen LogP contribution in [0.15, 0.2) is 53.3 Å². The second kappa shape index (κ2) is 5.52. The molecule has 5 nitrogen and oxygen atoms in total. The Morgan fingerprint density at radius 2 is 1.80 bits per heavy atom. The SMILES string of the molecule is Nc1cccc(OCCOc2ccc3ncoc3c2)c1. The van der Waals surface area contributed by atoms with Crippen molar-refractivity contribution < 1.29 is 13.9 Å². The lowest BCUT2D eigenvalue weighted by Crippen LogP contribution is -2.09. The van der Waals surface area contributed by atoms with Gasteiger partial charge < -0.3 is 19.6 Å². The molecule has 0 atom stereocenters. The van der Waals surface area contributed by atoms with Gasteiger partial charge in [-0.05, 0) is 24.3 Å². The van der Waals surface area contributed by atoms with Crippen molar-refractivity contribution in [2.75, 3.05) is 18.9 Å². The fraction of sp³-hybridized carbons (Fsp3) is 0.133. The van der Waals surface area contributed by atoms with Crippen molar-refractivity contribution >= 4 is 16.8 Å². The number of fused-ring (bicyclic) bond motifs is 1. The number of hydrogen-bond acceptors (Lipinski definition) is 5. The molecule has 1 aromatic heterocycles. The highest BCUT2D eigenvalue weighted by Crippen LogP contribution is 2.19. The van der Waals surface area contributed by atoms with E-state index in [0.29, 0.717) is 24.5 Å². The van der Waals surface area contributed by atoms with Gasteiger partial charge in [-0.25, -0.2) is 4.98 Å². The van der Waals surface area contributed by atoms with Crippen molar-refractivity contribution in [3.8, 4) is 11.5 Å². The van der Waals surface area contributed by atoms with Crippen LogP contribution >= 0.6 is 0 Å². The molecule has 0 aliphatic rings. The van der Waals surface area contributed by atoms with Gasteiger partial charge in [-0.15, -0.1) is 0 Å². The first kappa shape index (κ1) is 12.3. The highest BCUT2D eigenvalue weighted by Gasteiger charge is 2.01. The van der Waals surface area contributed by atoms with E-state index in [1.165, 1.54) is 6.39 Å². The highest BCUT2D eigenvalue weighted by atomic mass is 16.5. The molecule has 0 unspecified atom stereocenters. The summed E-state index contributed by atoms with van der Waals surface area (Å²) in [6.07, 6.45) is 1.41. The Morgan fingerprint density at radius 3 is 2.60 bits per heavy atom. The number of aromatic nitrogens is 1. The van der Waals surface area contributed by atoms with Gasteiger partial charge in [0.15, 0.2) is 12.0 Å². The summed E-state index contributed by atoms with van der Waals surface area (Å²) >= 11 is 0. The third-order valence-corrected chi connectivity index (χ3v) is 2.78. The molecule has 5 heteroatoms. The summed E-state index contributed by atoms with van der Waals surface area (Å²) in [5, 5.41) is 0. The fourth-order valence-electron chi connectivity index (χ4n) is 1.85. The number of nitrogen functional groups attached to an aromatic ring is 1. The second-order valence-corrected chi connectivity index (χ2v) is 4.25. The van der Waals surface area contributed by atoms with E-state index >= 15 is 0 Å². The zero-order valence-electron chi connectivity index (χ0n) is 10.8. The van der Waals surface area contributed by atoms with Crippen LogP contribution in [0.25, 0.3) is 11.1 Å². The van der Waals surface area contributed by atoms with Gasteiger partial charge in [0.1, 0.15) is 30.2 Å². The van der Waals surface area contributed by atoms with Crippen molar-refractivity contribution in [1.29, 1.82) is 0 Å². The molecule has 0 fully saturated rings. The standard InChI is InChI=1S/C15H14N2O3/c16-11-2-1-3-12(8-11)18-6-7-19-13-4-5-14-15(9-13)20-10-17-14/h1-5,8-10H,6-7,16H2. The Bertz CT molecular complexity index is 709. The molecule has 0 bridgehead atoms. The smallest absolute Gasteiger partial charge is 0.181 e. The minimum Gasteiger partial charge on any atom is -0.490 e. The largest absolute Gasteiger partial charge is 0.490 e. The van der Waals surface area contributed by atoms with Crippen LogP contribution in [-0.4, -0.2) is 18.2 Å². The molecular formula is C15H14N2O3. The van der Waals surface area contributed by atoms with Crippen LogP contribution in [0.5, 0.6) is 11.5 Å². The van der Waals surface area contributed by atoms with Gasteiger partial charge in [-0.1, -0.05) is 6.07 Å². The number of ether oxygens (including phenoxy) is 2. The third-order valence-electron chi connectivity index (χ3n) is 2.78. The summed E-state index contributed by atoms with van der Waals surface area (Å²) < 4.78 is 16.3. The average molecular weight is 270 g/mol. The lowest BCUT2D eigenvalue weighted by atomic mass is 10.3. The number of nitrogens with zero attached hydrogens (tertiary/aromatic N) is 1. The zero-order valence-corrected chi connectivity index (χ0v) is 10.8. The first-order chi connectivity index (χ1) is 9.81. The average Bonchev–Trinajstić information content (AvgIpc) is 2.91. The van der Waals surface area contributed by atoms with Crippen molar-refractivity contribution in [3.63, 3.8) is 0 Å². The Labute approximate surface area is 115 Å². The van der Waals surface area contributed by atoms with Crippen LogP contribution in [0.3, 0.4) is 0 Å². The lowest BCUT2D eigenvalue weighted by Gasteiger charge is -2.08. The summed E-state index contributed by atoms with van der Waals surface area (Å²) in [7, 11) is 0. The van der Waals surface area contributed by atoms with Gasteiger partial charge >= 0.3 is 0 Å². The van der Waals surface area contributed by atoms with Gasteiger partial charge in [0, 0.05) is 17.8 Å². The zero-order chi connectivity index (χ0) is 13.8. The lowest BCUT2D eigenvalue weighted by molar-refractivity contribution is 0.217. The predicted molar refractivity (Wildman–Crippen MR) is 75.9 cm³/mol. The molecule has 2 aromatic carbocycles. The molecule has 3 aromatic rings. The minimum atomic E-state index is 0.439. The molecule has 0 radical (unpaired) electrons. The molecule has 102 valence electrons. The second-order valence-electron chi connectivity index (χ2n) is 4.25. The first-order valence-corrected chi connectivity index (χ1v) is 6.26. The van der Waals surface area contributed by atoms with E-state index in [1.807, 2.05) is 36.4 Å². The Hall–Kier alpha value is -2.69. The molecule has 2 N–H and O–H groups in total. The number of anilines is 1. The van der Waals surface area contributed by atoms with E-state index in [0.717, 1.165) is 17.0 Å². The maximum absolute atomic E-state index is 5.67. The van der Waals surface area contributed by atoms with Crippen molar-refractivity contribution in [2.24, 2.45) is 0 Å². The summed E-state index contributed by atoms with van der Waals surface area (Å²) in [4.78, 5) is 4.05. The molecule has 0 aliphatic heterocycles. The van der Waals surface area contributed by atoms with Gasteiger partial charge in [0.05, 0.1) is 0 Å².